The first-order valence-electron chi connectivity index (χ1n) is 7.58. The Hall–Kier alpha value is -2.55. The number of nitrogens with one attached hydrogen (secondary N) is 1. The molecule has 3 nitrogen and oxygen atoms in total. The van der Waals surface area contributed by atoms with Gasteiger partial charge in [0.25, 0.3) is 0 Å². The molecule has 112 valence electrons. The zero-order chi connectivity index (χ0) is 15.4. The van der Waals surface area contributed by atoms with Crippen LogP contribution >= 0.6 is 0 Å². The topological polar surface area (TPSA) is 34.1 Å². The van der Waals surface area contributed by atoms with Crippen LogP contribution in [0.25, 0.3) is 10.9 Å². The number of benzene rings is 2. The molecule has 0 spiro atoms. The Balaban J connectivity index is 1.83. The van der Waals surface area contributed by atoms with Crippen molar-refractivity contribution in [3.63, 3.8) is 0 Å². The van der Waals surface area contributed by atoms with E-state index in [1.165, 1.54) is 5.56 Å². The number of pyridine rings is 1. The second-order valence-corrected chi connectivity index (χ2v) is 5.26. The average Bonchev–Trinajstić information content (AvgIpc) is 2.53. The van der Waals surface area contributed by atoms with Crippen LogP contribution in [-0.4, -0.2) is 11.6 Å². The smallest absolute Gasteiger partial charge is 0.119 e. The van der Waals surface area contributed by atoms with Gasteiger partial charge in [-0.15, -0.1) is 0 Å². The minimum absolute atomic E-state index is 0.686. The van der Waals surface area contributed by atoms with Gasteiger partial charge in [-0.25, -0.2) is 0 Å². The van der Waals surface area contributed by atoms with Gasteiger partial charge in [-0.05, 0) is 43.7 Å². The van der Waals surface area contributed by atoms with Crippen LogP contribution in [0.5, 0.6) is 5.75 Å². The van der Waals surface area contributed by atoms with Crippen LogP contribution in [-0.2, 0) is 6.54 Å². The highest BCUT2D eigenvalue weighted by molar-refractivity contribution is 5.91. The summed E-state index contributed by atoms with van der Waals surface area (Å²) in [6, 6.07) is 18.5. The lowest BCUT2D eigenvalue weighted by Gasteiger charge is -2.12. The van der Waals surface area contributed by atoms with E-state index in [0.29, 0.717) is 6.61 Å². The predicted molar refractivity (Wildman–Crippen MR) is 91.4 cm³/mol. The zero-order valence-electron chi connectivity index (χ0n) is 13.0. The summed E-state index contributed by atoms with van der Waals surface area (Å²) in [5.74, 6) is 0.914. The quantitative estimate of drug-likeness (QED) is 0.749. The number of hydrogen-bond donors (Lipinski definition) is 1. The van der Waals surface area contributed by atoms with Crippen molar-refractivity contribution in [3.05, 3.63) is 65.9 Å². The minimum Gasteiger partial charge on any atom is -0.494 e. The number of rotatable bonds is 5. The Morgan fingerprint density at radius 1 is 1.05 bits per heavy atom. The second kappa shape index (κ2) is 6.48. The molecule has 3 aromatic rings. The summed E-state index contributed by atoms with van der Waals surface area (Å²) in [4.78, 5) is 4.57. The summed E-state index contributed by atoms with van der Waals surface area (Å²) in [6.45, 7) is 5.46. The van der Waals surface area contributed by atoms with Crippen molar-refractivity contribution in [3.8, 4) is 5.75 Å². The zero-order valence-corrected chi connectivity index (χ0v) is 13.0. The summed E-state index contributed by atoms with van der Waals surface area (Å²) >= 11 is 0. The number of anilines is 1. The molecule has 0 aliphatic carbocycles. The van der Waals surface area contributed by atoms with Gasteiger partial charge in [0.1, 0.15) is 5.75 Å². The van der Waals surface area contributed by atoms with Crippen LogP contribution < -0.4 is 10.1 Å². The second-order valence-electron chi connectivity index (χ2n) is 5.26. The Labute approximate surface area is 131 Å². The molecule has 0 aliphatic rings. The standard InChI is InChI=1S/C19H20N2O/c1-3-22-16-8-6-7-15(12-16)13-20-19-11-14(2)21-18-10-5-4-9-17(18)19/h4-12H,3,13H2,1-2H3,(H,20,21). The third-order valence-corrected chi connectivity index (χ3v) is 3.54. The maximum absolute atomic E-state index is 5.55. The molecule has 1 N–H and O–H groups in total. The molecule has 0 aliphatic heterocycles. The third-order valence-electron chi connectivity index (χ3n) is 3.54. The fourth-order valence-electron chi connectivity index (χ4n) is 2.56. The van der Waals surface area contributed by atoms with Crippen LogP contribution in [0, 0.1) is 6.92 Å². The normalized spacial score (nSPS) is 10.6. The molecule has 0 saturated heterocycles. The third kappa shape index (κ3) is 3.19. The van der Waals surface area contributed by atoms with Gasteiger partial charge in [0, 0.05) is 23.3 Å². The number of fused-ring (bicyclic) bond motifs is 1. The van der Waals surface area contributed by atoms with Gasteiger partial charge in [0.15, 0.2) is 0 Å². The van der Waals surface area contributed by atoms with Crippen LogP contribution in [0.3, 0.4) is 0 Å². The molecule has 22 heavy (non-hydrogen) atoms. The lowest BCUT2D eigenvalue weighted by Crippen LogP contribution is -2.02. The lowest BCUT2D eigenvalue weighted by atomic mass is 10.1. The van der Waals surface area contributed by atoms with Gasteiger partial charge >= 0.3 is 0 Å². The van der Waals surface area contributed by atoms with E-state index in [4.69, 9.17) is 4.74 Å². The molecule has 0 bridgehead atoms. The number of hydrogen-bond acceptors (Lipinski definition) is 3. The summed E-state index contributed by atoms with van der Waals surface area (Å²) < 4.78 is 5.55. The summed E-state index contributed by atoms with van der Waals surface area (Å²) in [6.07, 6.45) is 0. The van der Waals surface area contributed by atoms with Gasteiger partial charge < -0.3 is 10.1 Å². The highest BCUT2D eigenvalue weighted by Crippen LogP contribution is 2.24. The van der Waals surface area contributed by atoms with E-state index < -0.39 is 0 Å². The van der Waals surface area contributed by atoms with E-state index in [1.54, 1.807) is 0 Å². The van der Waals surface area contributed by atoms with Crippen molar-refractivity contribution in [1.82, 2.24) is 4.98 Å². The molecule has 0 amide bonds. The first kappa shape index (κ1) is 14.4. The highest BCUT2D eigenvalue weighted by Gasteiger charge is 2.04. The highest BCUT2D eigenvalue weighted by atomic mass is 16.5. The Bertz CT molecular complexity index is 783. The number of aryl methyl sites for hydroxylation is 1. The summed E-state index contributed by atoms with van der Waals surface area (Å²) in [5, 5.41) is 4.67. The van der Waals surface area contributed by atoms with E-state index in [1.807, 2.05) is 44.2 Å². The van der Waals surface area contributed by atoms with E-state index in [-0.39, 0.29) is 0 Å². The number of ether oxygens (including phenoxy) is 1. The van der Waals surface area contributed by atoms with Crippen LogP contribution in [0.15, 0.2) is 54.6 Å². The molecule has 1 heterocycles. The summed E-state index contributed by atoms with van der Waals surface area (Å²) in [5.41, 5.74) is 4.35. The van der Waals surface area contributed by atoms with E-state index in [0.717, 1.165) is 34.6 Å². The molecule has 0 fully saturated rings. The van der Waals surface area contributed by atoms with Crippen LogP contribution in [0.4, 0.5) is 5.69 Å². The molecule has 3 rings (SSSR count). The molecular weight excluding hydrogens is 272 g/mol. The molecule has 0 radical (unpaired) electrons. The van der Waals surface area contributed by atoms with Gasteiger partial charge in [-0.3, -0.25) is 4.98 Å². The maximum atomic E-state index is 5.55. The Morgan fingerprint density at radius 3 is 2.77 bits per heavy atom. The maximum Gasteiger partial charge on any atom is 0.119 e. The lowest BCUT2D eigenvalue weighted by molar-refractivity contribution is 0.340. The van der Waals surface area contributed by atoms with Crippen molar-refractivity contribution in [1.29, 1.82) is 0 Å². The van der Waals surface area contributed by atoms with Crippen molar-refractivity contribution >= 4 is 16.6 Å². The van der Waals surface area contributed by atoms with Crippen molar-refractivity contribution in [2.24, 2.45) is 0 Å². The van der Waals surface area contributed by atoms with Crippen LogP contribution in [0.2, 0.25) is 0 Å². The molecule has 0 atom stereocenters. The van der Waals surface area contributed by atoms with Gasteiger partial charge in [0.2, 0.25) is 0 Å². The van der Waals surface area contributed by atoms with E-state index in [9.17, 15) is 0 Å². The molecule has 3 heteroatoms. The molecular formula is C19H20N2O. The molecule has 0 unspecified atom stereocenters. The largest absolute Gasteiger partial charge is 0.494 e. The fourth-order valence-corrected chi connectivity index (χ4v) is 2.56. The van der Waals surface area contributed by atoms with E-state index in [2.05, 4.69) is 34.6 Å². The molecule has 2 aromatic carbocycles. The average molecular weight is 292 g/mol. The number of para-hydroxylation sites is 1. The summed E-state index contributed by atoms with van der Waals surface area (Å²) in [7, 11) is 0. The minimum atomic E-state index is 0.686. The van der Waals surface area contributed by atoms with Crippen molar-refractivity contribution in [2.45, 2.75) is 20.4 Å². The Morgan fingerprint density at radius 2 is 1.91 bits per heavy atom. The number of nitrogens with zero attached hydrogens (tertiary/aromatic N) is 1. The predicted octanol–water partition coefficient (Wildman–Crippen LogP) is 4.55. The number of aromatic nitrogens is 1. The molecule has 1 aromatic heterocycles. The monoisotopic (exact) mass is 292 g/mol. The van der Waals surface area contributed by atoms with Crippen molar-refractivity contribution in [2.75, 3.05) is 11.9 Å². The van der Waals surface area contributed by atoms with Crippen LogP contribution in [0.1, 0.15) is 18.2 Å². The fraction of sp³-hybridized carbons (Fsp3) is 0.211. The SMILES string of the molecule is CCOc1cccc(CNc2cc(C)nc3ccccc23)c1. The van der Waals surface area contributed by atoms with Gasteiger partial charge in [0.05, 0.1) is 12.1 Å². The van der Waals surface area contributed by atoms with E-state index >= 15 is 0 Å². The van der Waals surface area contributed by atoms with Gasteiger partial charge in [-0.2, -0.15) is 0 Å². The first-order valence-corrected chi connectivity index (χ1v) is 7.58. The first-order chi connectivity index (χ1) is 10.8. The van der Waals surface area contributed by atoms with Crippen molar-refractivity contribution < 1.29 is 4.74 Å². The molecule has 0 saturated carbocycles. The Kier molecular flexibility index (Phi) is 4.24. The van der Waals surface area contributed by atoms with Gasteiger partial charge in [-0.1, -0.05) is 30.3 Å².